The molecule has 0 spiro atoms. The van der Waals surface area contributed by atoms with Crippen molar-refractivity contribution in [3.63, 3.8) is 0 Å². The summed E-state index contributed by atoms with van der Waals surface area (Å²) in [6.07, 6.45) is 0.984. The van der Waals surface area contributed by atoms with Gasteiger partial charge < -0.3 is 9.05 Å². The van der Waals surface area contributed by atoms with Crippen molar-refractivity contribution in [2.45, 2.75) is 92.4 Å². The van der Waals surface area contributed by atoms with E-state index in [0.29, 0.717) is 17.4 Å². The van der Waals surface area contributed by atoms with Crippen LogP contribution in [0.5, 0.6) is 11.5 Å². The summed E-state index contributed by atoms with van der Waals surface area (Å²) < 4.78 is 26.8. The highest BCUT2D eigenvalue weighted by Crippen LogP contribution is 2.54. The lowest BCUT2D eigenvalue weighted by molar-refractivity contribution is 0.412. The largest absolute Gasteiger partial charge is 0.505 e. The molecule has 1 aliphatic heterocycles. The van der Waals surface area contributed by atoms with Gasteiger partial charge in [-0.3, -0.25) is 0 Å². The summed E-state index contributed by atoms with van der Waals surface area (Å²) in [5.74, 6) is 1.86. The lowest BCUT2D eigenvalue weighted by Gasteiger charge is -2.32. The van der Waals surface area contributed by atoms with E-state index in [0.717, 1.165) is 28.7 Å². The van der Waals surface area contributed by atoms with Crippen LogP contribution < -0.4 is 9.05 Å². The maximum atomic E-state index is 15.1. The predicted molar refractivity (Wildman–Crippen MR) is 130 cm³/mol. The van der Waals surface area contributed by atoms with Gasteiger partial charge in [-0.25, -0.2) is 0 Å². The Morgan fingerprint density at radius 1 is 0.903 bits per heavy atom. The van der Waals surface area contributed by atoms with Gasteiger partial charge in [0.1, 0.15) is 11.5 Å². The molecule has 0 N–H and O–H groups in total. The zero-order valence-electron chi connectivity index (χ0n) is 20.8. The van der Waals surface area contributed by atoms with E-state index in [1.165, 1.54) is 11.1 Å². The lowest BCUT2D eigenvalue weighted by Crippen LogP contribution is -2.18. The van der Waals surface area contributed by atoms with Gasteiger partial charge in [-0.2, -0.15) is 0 Å². The Bertz CT molecular complexity index is 967. The summed E-state index contributed by atoms with van der Waals surface area (Å²) >= 11 is 0. The Morgan fingerprint density at radius 3 is 2.03 bits per heavy atom. The number of fused-ring (bicyclic) bond motifs is 2. The molecular weight excluding hydrogens is 406 g/mol. The van der Waals surface area contributed by atoms with Gasteiger partial charge in [0.2, 0.25) is 0 Å². The van der Waals surface area contributed by atoms with E-state index >= 15 is 4.20 Å². The molecule has 0 aliphatic carbocycles. The van der Waals surface area contributed by atoms with Crippen LogP contribution in [0.1, 0.15) is 102 Å². The smallest absolute Gasteiger partial charge is 0.414 e. The molecule has 2 nitrogen and oxygen atoms in total. The molecule has 2 atom stereocenters. The minimum atomic E-state index is -2.57. The van der Waals surface area contributed by atoms with E-state index < -0.39 is 8.69 Å². The molecule has 0 aromatic heterocycles. The van der Waals surface area contributed by atoms with Crippen LogP contribution in [0.3, 0.4) is 0 Å². The van der Waals surface area contributed by atoms with Crippen molar-refractivity contribution in [1.29, 1.82) is 0 Å². The third-order valence-electron chi connectivity index (χ3n) is 6.06. The number of rotatable bonds is 2. The highest BCUT2D eigenvalue weighted by Gasteiger charge is 2.34. The minimum Gasteiger partial charge on any atom is -0.414 e. The van der Waals surface area contributed by atoms with E-state index in [9.17, 15) is 0 Å². The second-order valence-corrected chi connectivity index (χ2v) is 12.3. The topological polar surface area (TPSA) is 18.5 Å². The van der Waals surface area contributed by atoms with Gasteiger partial charge in [0.25, 0.3) is 0 Å². The zero-order valence-corrected chi connectivity index (χ0v) is 21.7. The maximum absolute atomic E-state index is 15.1. The number of aryl methyl sites for hydroxylation is 1. The van der Waals surface area contributed by atoms with E-state index in [1.54, 1.807) is 0 Å². The average Bonchev–Trinajstić information content (AvgIpc) is 2.60. The molecule has 0 fully saturated rings. The van der Waals surface area contributed by atoms with Gasteiger partial charge in [-0.15, -0.1) is 4.20 Å². The fourth-order valence-corrected chi connectivity index (χ4v) is 5.07. The summed E-state index contributed by atoms with van der Waals surface area (Å²) in [5.41, 5.74) is 6.46. The van der Waals surface area contributed by atoms with Crippen LogP contribution in [-0.4, -0.2) is 0 Å². The van der Waals surface area contributed by atoms with E-state index in [4.69, 9.17) is 9.05 Å². The predicted octanol–water partition coefficient (Wildman–Crippen LogP) is 8.91. The van der Waals surface area contributed by atoms with Crippen molar-refractivity contribution in [3.8, 4) is 11.5 Å². The molecule has 0 bridgehead atoms. The normalized spacial score (nSPS) is 19.1. The quantitative estimate of drug-likeness (QED) is 0.431. The monoisotopic (exact) mass is 444 g/mol. The number of halogens is 1. The van der Waals surface area contributed by atoms with Crippen LogP contribution in [0, 0.1) is 12.8 Å². The Morgan fingerprint density at radius 2 is 1.48 bits per heavy atom. The van der Waals surface area contributed by atoms with Gasteiger partial charge in [0, 0.05) is 22.6 Å². The third-order valence-corrected chi connectivity index (χ3v) is 6.71. The molecule has 1 aliphatic rings. The number of hydrogen-bond donors (Lipinski definition) is 0. The van der Waals surface area contributed by atoms with Crippen molar-refractivity contribution < 1.29 is 13.2 Å². The Labute approximate surface area is 189 Å². The first kappa shape index (κ1) is 24.1. The highest BCUT2D eigenvalue weighted by molar-refractivity contribution is 7.42. The van der Waals surface area contributed by atoms with E-state index in [-0.39, 0.29) is 16.7 Å². The van der Waals surface area contributed by atoms with Crippen LogP contribution in [0.15, 0.2) is 24.3 Å². The number of benzene rings is 2. The summed E-state index contributed by atoms with van der Waals surface area (Å²) in [6, 6.07) is 8.75. The fourth-order valence-electron chi connectivity index (χ4n) is 4.29. The Balaban J connectivity index is 2.31. The lowest BCUT2D eigenvalue weighted by atomic mass is 9.78. The third kappa shape index (κ3) is 5.08. The highest BCUT2D eigenvalue weighted by atomic mass is 31.2. The average molecular weight is 445 g/mol. The molecule has 2 unspecified atom stereocenters. The molecule has 170 valence electrons. The molecule has 4 heteroatoms. The van der Waals surface area contributed by atoms with Crippen LogP contribution in [0.2, 0.25) is 0 Å². The molecule has 0 saturated heterocycles. The molecule has 0 amide bonds. The molecule has 31 heavy (non-hydrogen) atoms. The molecule has 2 aromatic carbocycles. The molecule has 1 heterocycles. The first-order valence-electron chi connectivity index (χ1n) is 11.3. The van der Waals surface area contributed by atoms with E-state index in [2.05, 4.69) is 86.6 Å². The van der Waals surface area contributed by atoms with Crippen molar-refractivity contribution in [1.82, 2.24) is 0 Å². The SMILES string of the molecule is Cc1cc(C(C)(C)C)cc2c1OP(F)Oc1c(cc(CC(C)C)cc1C(C)(C)C)C2C. The second-order valence-electron chi connectivity index (χ2n) is 11.5. The van der Waals surface area contributed by atoms with Crippen molar-refractivity contribution in [2.24, 2.45) is 5.92 Å². The first-order valence-corrected chi connectivity index (χ1v) is 12.4. The summed E-state index contributed by atoms with van der Waals surface area (Å²) in [4.78, 5) is 0. The summed E-state index contributed by atoms with van der Waals surface area (Å²) in [5, 5.41) is 0. The first-order chi connectivity index (χ1) is 14.2. The molecule has 0 saturated carbocycles. The molecule has 2 aromatic rings. The summed E-state index contributed by atoms with van der Waals surface area (Å²) in [7, 11) is -2.57. The van der Waals surface area contributed by atoms with Crippen molar-refractivity contribution in [3.05, 3.63) is 57.6 Å². The van der Waals surface area contributed by atoms with Crippen molar-refractivity contribution in [2.75, 3.05) is 0 Å². The maximum Gasteiger partial charge on any atom is 0.505 e. The van der Waals surface area contributed by atoms with Crippen LogP contribution in [0.4, 0.5) is 4.20 Å². The van der Waals surface area contributed by atoms with Crippen LogP contribution in [-0.2, 0) is 17.3 Å². The van der Waals surface area contributed by atoms with Crippen LogP contribution >= 0.6 is 8.69 Å². The fraction of sp³-hybridized carbons (Fsp3) is 0.556. The Hall–Kier alpha value is -1.60. The van der Waals surface area contributed by atoms with E-state index in [1.807, 2.05) is 6.92 Å². The Kier molecular flexibility index (Phi) is 6.51. The van der Waals surface area contributed by atoms with Gasteiger partial charge >= 0.3 is 8.69 Å². The van der Waals surface area contributed by atoms with Crippen LogP contribution in [0.25, 0.3) is 0 Å². The zero-order chi connectivity index (χ0) is 23.3. The standard InChI is InChI=1S/C27H38FO2P/c1-16(2)11-19-13-21-18(4)22-15-20(26(5,6)7)12-17(3)24(22)29-31(28)30-25(21)23(14-19)27(8,9)10/h12-16,18H,11H2,1-10H3. The van der Waals surface area contributed by atoms with Gasteiger partial charge in [0.15, 0.2) is 0 Å². The molecular formula is C27H38FO2P. The summed E-state index contributed by atoms with van der Waals surface area (Å²) in [6.45, 7) is 21.8. The van der Waals surface area contributed by atoms with Gasteiger partial charge in [-0.05, 0) is 46.8 Å². The van der Waals surface area contributed by atoms with Crippen molar-refractivity contribution >= 4 is 8.69 Å². The number of hydrogen-bond acceptors (Lipinski definition) is 2. The molecule has 0 radical (unpaired) electrons. The van der Waals surface area contributed by atoms with Gasteiger partial charge in [-0.1, -0.05) is 86.6 Å². The minimum absolute atomic E-state index is 0.00226. The molecule has 3 rings (SSSR count). The second kappa shape index (κ2) is 8.39. The van der Waals surface area contributed by atoms with Gasteiger partial charge in [0.05, 0.1) is 0 Å².